The second-order valence-corrected chi connectivity index (χ2v) is 7.48. The second-order valence-electron chi connectivity index (χ2n) is 7.48. The Hall–Kier alpha value is -2.19. The van der Waals surface area contributed by atoms with E-state index in [9.17, 15) is 14.9 Å². The van der Waals surface area contributed by atoms with Gasteiger partial charge in [-0.3, -0.25) is 19.8 Å². The first kappa shape index (κ1) is 18.2. The third-order valence-corrected chi connectivity index (χ3v) is 5.67. The highest BCUT2D eigenvalue weighted by molar-refractivity contribution is 5.82. The Kier molecular flexibility index (Phi) is 5.27. The number of rotatable bonds is 4. The van der Waals surface area contributed by atoms with Crippen molar-refractivity contribution in [1.82, 2.24) is 9.80 Å². The Morgan fingerprint density at radius 3 is 2.74 bits per heavy atom. The summed E-state index contributed by atoms with van der Waals surface area (Å²) in [5.41, 5.74) is 1.51. The van der Waals surface area contributed by atoms with Crippen LogP contribution in [0.15, 0.2) is 12.1 Å². The summed E-state index contributed by atoms with van der Waals surface area (Å²) in [7, 11) is 0. The number of ether oxygens (including phenoxy) is 2. The lowest BCUT2D eigenvalue weighted by Crippen LogP contribution is -2.49. The van der Waals surface area contributed by atoms with Gasteiger partial charge in [-0.1, -0.05) is 6.42 Å². The van der Waals surface area contributed by atoms with Gasteiger partial charge in [0.1, 0.15) is 5.75 Å². The van der Waals surface area contributed by atoms with Crippen molar-refractivity contribution in [2.24, 2.45) is 0 Å². The number of benzene rings is 1. The molecule has 3 aliphatic heterocycles. The predicted octanol–water partition coefficient (Wildman–Crippen LogP) is 2.44. The Morgan fingerprint density at radius 1 is 1.19 bits per heavy atom. The first-order valence-electron chi connectivity index (χ1n) is 9.67. The van der Waals surface area contributed by atoms with Crippen molar-refractivity contribution in [1.29, 1.82) is 0 Å². The molecule has 0 spiro atoms. The van der Waals surface area contributed by atoms with E-state index in [0.29, 0.717) is 24.5 Å². The summed E-state index contributed by atoms with van der Waals surface area (Å²) in [4.78, 5) is 28.1. The zero-order chi connectivity index (χ0) is 18.8. The zero-order valence-electron chi connectivity index (χ0n) is 15.4. The highest BCUT2D eigenvalue weighted by Gasteiger charge is 2.34. The third-order valence-electron chi connectivity index (χ3n) is 5.67. The molecule has 1 unspecified atom stereocenters. The normalized spacial score (nSPS) is 23.0. The summed E-state index contributed by atoms with van der Waals surface area (Å²) in [6.45, 7) is 3.44. The van der Waals surface area contributed by atoms with Crippen LogP contribution in [0.3, 0.4) is 0 Å². The standard InChI is InChI=1S/C19H25N3O5/c23-19(20-6-3-4-7-20)17-5-1-2-8-21(17)11-14-9-16(22(24)25)10-15-12-26-13-27-18(14)15/h9-10,17H,1-8,11-13H2. The number of carbonyl (C=O) groups excluding carboxylic acids is 1. The molecule has 0 N–H and O–H groups in total. The second kappa shape index (κ2) is 7.82. The molecule has 2 fully saturated rings. The van der Waals surface area contributed by atoms with E-state index in [1.165, 1.54) is 6.07 Å². The van der Waals surface area contributed by atoms with Crippen LogP contribution in [0.1, 0.15) is 43.2 Å². The first-order valence-corrected chi connectivity index (χ1v) is 9.67. The fourth-order valence-electron chi connectivity index (χ4n) is 4.33. The average molecular weight is 375 g/mol. The number of nitrogens with zero attached hydrogens (tertiary/aromatic N) is 3. The summed E-state index contributed by atoms with van der Waals surface area (Å²) in [5, 5.41) is 11.3. The summed E-state index contributed by atoms with van der Waals surface area (Å²) in [5.74, 6) is 0.876. The van der Waals surface area contributed by atoms with Crippen LogP contribution in [-0.2, 0) is 22.7 Å². The Labute approximate surface area is 158 Å². The van der Waals surface area contributed by atoms with Gasteiger partial charge in [-0.15, -0.1) is 0 Å². The fraction of sp³-hybridized carbons (Fsp3) is 0.632. The largest absolute Gasteiger partial charge is 0.467 e. The molecule has 1 atom stereocenters. The van der Waals surface area contributed by atoms with Crippen LogP contribution in [0.2, 0.25) is 0 Å². The first-order chi connectivity index (χ1) is 13.1. The molecule has 27 heavy (non-hydrogen) atoms. The lowest BCUT2D eigenvalue weighted by atomic mass is 9.98. The molecule has 2 saturated heterocycles. The van der Waals surface area contributed by atoms with Gasteiger partial charge < -0.3 is 14.4 Å². The van der Waals surface area contributed by atoms with Gasteiger partial charge in [-0.25, -0.2) is 0 Å². The molecule has 0 aliphatic carbocycles. The van der Waals surface area contributed by atoms with Gasteiger partial charge in [0.05, 0.1) is 17.6 Å². The summed E-state index contributed by atoms with van der Waals surface area (Å²) < 4.78 is 10.9. The van der Waals surface area contributed by atoms with E-state index < -0.39 is 0 Å². The van der Waals surface area contributed by atoms with E-state index >= 15 is 0 Å². The maximum absolute atomic E-state index is 13.0. The predicted molar refractivity (Wildman–Crippen MR) is 97.2 cm³/mol. The molecule has 146 valence electrons. The molecule has 1 aromatic carbocycles. The summed E-state index contributed by atoms with van der Waals surface area (Å²) in [6, 6.07) is 2.95. The maximum Gasteiger partial charge on any atom is 0.270 e. The number of non-ortho nitro benzene ring substituents is 1. The van der Waals surface area contributed by atoms with E-state index in [-0.39, 0.29) is 29.4 Å². The molecular formula is C19H25N3O5. The number of nitro groups is 1. The number of likely N-dealkylation sites (tertiary alicyclic amines) is 2. The molecule has 4 rings (SSSR count). The summed E-state index contributed by atoms with van der Waals surface area (Å²) >= 11 is 0. The Morgan fingerprint density at radius 2 is 1.96 bits per heavy atom. The molecule has 3 aliphatic rings. The third kappa shape index (κ3) is 3.77. The van der Waals surface area contributed by atoms with Gasteiger partial charge >= 0.3 is 0 Å². The lowest BCUT2D eigenvalue weighted by Gasteiger charge is -2.37. The minimum Gasteiger partial charge on any atom is -0.467 e. The van der Waals surface area contributed by atoms with Crippen LogP contribution in [-0.4, -0.2) is 53.1 Å². The van der Waals surface area contributed by atoms with Crippen LogP contribution < -0.4 is 4.74 Å². The Balaban J connectivity index is 1.60. The SMILES string of the molecule is O=C(C1CCCCN1Cc1cc([N+](=O)[O-])cc2c1OCOC2)N1CCCC1. The van der Waals surface area contributed by atoms with Crippen molar-refractivity contribution in [3.8, 4) is 5.75 Å². The van der Waals surface area contributed by atoms with E-state index in [1.807, 2.05) is 4.90 Å². The van der Waals surface area contributed by atoms with Crippen molar-refractivity contribution in [3.63, 3.8) is 0 Å². The quantitative estimate of drug-likeness (QED) is 0.594. The van der Waals surface area contributed by atoms with Crippen molar-refractivity contribution >= 4 is 11.6 Å². The molecule has 1 amide bonds. The van der Waals surface area contributed by atoms with Gasteiger partial charge in [0.25, 0.3) is 5.69 Å². The van der Waals surface area contributed by atoms with Crippen molar-refractivity contribution in [3.05, 3.63) is 33.4 Å². The van der Waals surface area contributed by atoms with Crippen LogP contribution in [0.4, 0.5) is 5.69 Å². The number of fused-ring (bicyclic) bond motifs is 1. The lowest BCUT2D eigenvalue weighted by molar-refractivity contribution is -0.385. The molecule has 0 aromatic heterocycles. The monoisotopic (exact) mass is 375 g/mol. The van der Waals surface area contributed by atoms with Crippen LogP contribution in [0.25, 0.3) is 0 Å². The summed E-state index contributed by atoms with van der Waals surface area (Å²) in [6.07, 6.45) is 5.06. The van der Waals surface area contributed by atoms with E-state index in [1.54, 1.807) is 6.07 Å². The highest BCUT2D eigenvalue weighted by Crippen LogP contribution is 2.34. The smallest absolute Gasteiger partial charge is 0.270 e. The minimum absolute atomic E-state index is 0.0391. The molecule has 0 saturated carbocycles. The van der Waals surface area contributed by atoms with Crippen molar-refractivity contribution in [2.75, 3.05) is 26.4 Å². The highest BCUT2D eigenvalue weighted by atomic mass is 16.7. The van der Waals surface area contributed by atoms with Gasteiger partial charge in [-0.2, -0.15) is 0 Å². The van der Waals surface area contributed by atoms with Gasteiger partial charge in [0, 0.05) is 42.9 Å². The van der Waals surface area contributed by atoms with E-state index in [4.69, 9.17) is 9.47 Å². The molecule has 0 radical (unpaired) electrons. The topological polar surface area (TPSA) is 85.2 Å². The number of nitro benzene ring substituents is 1. The number of hydrogen-bond acceptors (Lipinski definition) is 6. The van der Waals surface area contributed by atoms with Crippen molar-refractivity contribution in [2.45, 2.75) is 51.3 Å². The van der Waals surface area contributed by atoms with Crippen LogP contribution >= 0.6 is 0 Å². The van der Waals surface area contributed by atoms with Gasteiger partial charge in [0.2, 0.25) is 5.91 Å². The van der Waals surface area contributed by atoms with Gasteiger partial charge in [0.15, 0.2) is 6.79 Å². The van der Waals surface area contributed by atoms with E-state index in [2.05, 4.69) is 4.90 Å². The minimum atomic E-state index is -0.387. The number of carbonyl (C=O) groups is 1. The molecule has 1 aromatic rings. The van der Waals surface area contributed by atoms with Crippen molar-refractivity contribution < 1.29 is 19.2 Å². The van der Waals surface area contributed by atoms with Crippen LogP contribution in [0, 0.1) is 10.1 Å². The molecular weight excluding hydrogens is 350 g/mol. The van der Waals surface area contributed by atoms with E-state index in [0.717, 1.165) is 57.3 Å². The molecule has 8 heteroatoms. The number of amides is 1. The molecule has 3 heterocycles. The van der Waals surface area contributed by atoms with Gasteiger partial charge in [-0.05, 0) is 32.2 Å². The Bertz CT molecular complexity index is 732. The average Bonchev–Trinajstić information content (AvgIpc) is 3.22. The zero-order valence-corrected chi connectivity index (χ0v) is 15.4. The molecule has 8 nitrogen and oxygen atoms in total. The number of piperidine rings is 1. The fourth-order valence-corrected chi connectivity index (χ4v) is 4.33. The molecule has 0 bridgehead atoms. The number of hydrogen-bond donors (Lipinski definition) is 0. The maximum atomic E-state index is 13.0. The van der Waals surface area contributed by atoms with Crippen LogP contribution in [0.5, 0.6) is 5.75 Å².